The van der Waals surface area contributed by atoms with Crippen LogP contribution in [0.4, 0.5) is 0 Å². The van der Waals surface area contributed by atoms with Gasteiger partial charge in [-0.15, -0.1) is 0 Å². The molecule has 1 aromatic rings. The number of carbonyl (C=O) groups excluding carboxylic acids is 1. The molecule has 12 heavy (non-hydrogen) atoms. The molecule has 0 aliphatic rings. The third kappa shape index (κ3) is 1.74. The number of phenolic OH excluding ortho intramolecular Hbond substituents is 1. The molecule has 0 aliphatic carbocycles. The van der Waals surface area contributed by atoms with E-state index in [0.29, 0.717) is 11.3 Å². The van der Waals surface area contributed by atoms with Crippen LogP contribution in [0.2, 0.25) is 0 Å². The fraction of sp³-hybridized carbons (Fsp3) is 0.125. The lowest BCUT2D eigenvalue weighted by atomic mass is 10.1. The second-order valence-corrected chi connectivity index (χ2v) is 2.59. The molecule has 0 aliphatic heterocycles. The first-order valence-corrected chi connectivity index (χ1v) is 3.83. The minimum atomic E-state index is -0.0828. The van der Waals surface area contributed by atoms with Gasteiger partial charge < -0.3 is 9.63 Å². The highest BCUT2D eigenvalue weighted by atomic mass is 31.0. The van der Waals surface area contributed by atoms with E-state index in [2.05, 4.69) is 0 Å². The maximum Gasteiger partial charge on any atom is 0.164 e. The summed E-state index contributed by atoms with van der Waals surface area (Å²) in [5, 5.41) is 9.25. The molecule has 1 unspecified atom stereocenters. The van der Waals surface area contributed by atoms with E-state index in [4.69, 9.17) is 4.52 Å². The molecule has 1 atom stereocenters. The van der Waals surface area contributed by atoms with Crippen LogP contribution in [0.25, 0.3) is 0 Å². The lowest BCUT2D eigenvalue weighted by molar-refractivity contribution is 0.101. The minimum absolute atomic E-state index is 0.0299. The van der Waals surface area contributed by atoms with Crippen LogP contribution in [0.5, 0.6) is 11.5 Å². The van der Waals surface area contributed by atoms with E-state index in [9.17, 15) is 9.90 Å². The molecule has 1 N–H and O–H groups in total. The third-order valence-electron chi connectivity index (χ3n) is 1.49. The Morgan fingerprint density at radius 3 is 2.67 bits per heavy atom. The van der Waals surface area contributed by atoms with E-state index in [-0.39, 0.29) is 11.5 Å². The van der Waals surface area contributed by atoms with Gasteiger partial charge in [0, 0.05) is 5.56 Å². The van der Waals surface area contributed by atoms with E-state index >= 15 is 0 Å². The number of aromatic hydroxyl groups is 1. The summed E-state index contributed by atoms with van der Waals surface area (Å²) in [5.41, 5.74) is 0.471. The Balaban J connectivity index is 3.10. The van der Waals surface area contributed by atoms with Crippen LogP contribution in [0.1, 0.15) is 17.3 Å². The highest BCUT2D eigenvalue weighted by molar-refractivity contribution is 7.10. The Bertz CT molecular complexity index is 309. The first kappa shape index (κ1) is 9.01. The predicted octanol–water partition coefficient (Wildman–Crippen LogP) is 1.76. The molecule has 4 heteroatoms. The average molecular weight is 184 g/mol. The highest BCUT2D eigenvalue weighted by Gasteiger charge is 2.04. The number of hydrogen-bond acceptors (Lipinski definition) is 3. The van der Waals surface area contributed by atoms with Crippen molar-refractivity contribution < 1.29 is 14.4 Å². The van der Waals surface area contributed by atoms with Crippen molar-refractivity contribution in [3.8, 4) is 11.5 Å². The Kier molecular flexibility index (Phi) is 2.66. The van der Waals surface area contributed by atoms with Crippen LogP contribution in [0.15, 0.2) is 18.2 Å². The Labute approximate surface area is 72.6 Å². The lowest BCUT2D eigenvalue weighted by Gasteiger charge is -2.02. The Morgan fingerprint density at radius 2 is 2.25 bits per heavy atom. The summed E-state index contributed by atoms with van der Waals surface area (Å²) in [5.74, 6) is 0.225. The molecule has 3 nitrogen and oxygen atoms in total. The van der Waals surface area contributed by atoms with Gasteiger partial charge in [0.05, 0.1) is 9.47 Å². The van der Waals surface area contributed by atoms with E-state index in [1.165, 1.54) is 13.0 Å². The van der Waals surface area contributed by atoms with E-state index in [1.54, 1.807) is 12.1 Å². The normalized spacial score (nSPS) is 9.50. The summed E-state index contributed by atoms with van der Waals surface area (Å²) >= 11 is 0. The summed E-state index contributed by atoms with van der Waals surface area (Å²) in [4.78, 5) is 10.8. The molecule has 0 aromatic heterocycles. The van der Waals surface area contributed by atoms with Crippen molar-refractivity contribution in [3.63, 3.8) is 0 Å². The molecule has 64 valence electrons. The van der Waals surface area contributed by atoms with Crippen molar-refractivity contribution in [1.29, 1.82) is 0 Å². The second kappa shape index (κ2) is 3.55. The molecular weight excluding hydrogens is 175 g/mol. The number of carbonyl (C=O) groups is 1. The first-order valence-electron chi connectivity index (χ1n) is 3.36. The van der Waals surface area contributed by atoms with Crippen molar-refractivity contribution in [2.24, 2.45) is 0 Å². The predicted molar refractivity (Wildman–Crippen MR) is 48.4 cm³/mol. The summed E-state index contributed by atoms with van der Waals surface area (Å²) in [6.07, 6.45) is 0. The number of ketones is 1. The van der Waals surface area contributed by atoms with E-state index < -0.39 is 0 Å². The van der Waals surface area contributed by atoms with Crippen LogP contribution >= 0.6 is 9.47 Å². The van der Waals surface area contributed by atoms with Gasteiger partial charge in [-0.05, 0) is 25.1 Å². The highest BCUT2D eigenvalue weighted by Crippen LogP contribution is 2.28. The maximum atomic E-state index is 10.8. The Morgan fingerprint density at radius 1 is 1.58 bits per heavy atom. The van der Waals surface area contributed by atoms with Crippen molar-refractivity contribution in [1.82, 2.24) is 0 Å². The fourth-order valence-electron chi connectivity index (χ4n) is 0.836. The SMILES string of the molecule is CC(=O)c1ccc(OP)c(O)c1. The molecule has 1 rings (SSSR count). The molecule has 0 spiro atoms. The summed E-state index contributed by atoms with van der Waals surface area (Å²) in [6, 6.07) is 4.52. The number of Topliss-reactive ketones (excluding diaryl/α,β-unsaturated/α-hetero) is 1. The fourth-order valence-corrected chi connectivity index (χ4v) is 1.04. The summed E-state index contributed by atoms with van der Waals surface area (Å²) in [7, 11) is 2.02. The molecule has 0 fully saturated rings. The van der Waals surface area contributed by atoms with Crippen molar-refractivity contribution in [2.45, 2.75) is 6.92 Å². The topological polar surface area (TPSA) is 46.5 Å². The second-order valence-electron chi connectivity index (χ2n) is 2.36. The van der Waals surface area contributed by atoms with E-state index in [0.717, 1.165) is 0 Å². The van der Waals surface area contributed by atoms with Gasteiger partial charge in [0.15, 0.2) is 17.3 Å². The largest absolute Gasteiger partial charge is 0.504 e. The molecule has 0 bridgehead atoms. The molecule has 0 saturated carbocycles. The van der Waals surface area contributed by atoms with Crippen LogP contribution in [0, 0.1) is 0 Å². The first-order chi connectivity index (χ1) is 5.65. The van der Waals surface area contributed by atoms with Crippen LogP contribution in [-0.2, 0) is 0 Å². The maximum absolute atomic E-state index is 10.8. The number of benzene rings is 1. The van der Waals surface area contributed by atoms with Gasteiger partial charge in [-0.2, -0.15) is 0 Å². The zero-order chi connectivity index (χ0) is 9.14. The summed E-state index contributed by atoms with van der Waals surface area (Å²) < 4.78 is 4.74. The van der Waals surface area contributed by atoms with Crippen LogP contribution in [0.3, 0.4) is 0 Å². The molecule has 0 saturated heterocycles. The zero-order valence-electron chi connectivity index (χ0n) is 6.57. The number of hydrogen-bond donors (Lipinski definition) is 1. The molecule has 1 aromatic carbocycles. The zero-order valence-corrected chi connectivity index (χ0v) is 7.73. The van der Waals surface area contributed by atoms with Gasteiger partial charge >= 0.3 is 0 Å². The standard InChI is InChI=1S/C8H9O3P/c1-5(9)6-2-3-8(11-12)7(10)4-6/h2-4,10H,12H2,1H3. The van der Waals surface area contributed by atoms with Gasteiger partial charge in [-0.3, -0.25) is 4.79 Å². The van der Waals surface area contributed by atoms with Crippen molar-refractivity contribution in [2.75, 3.05) is 0 Å². The molecule has 0 radical (unpaired) electrons. The van der Waals surface area contributed by atoms with Gasteiger partial charge in [-0.25, -0.2) is 0 Å². The lowest BCUT2D eigenvalue weighted by Crippen LogP contribution is -1.90. The summed E-state index contributed by atoms with van der Waals surface area (Å²) in [6.45, 7) is 1.44. The average Bonchev–Trinajstić information content (AvgIpc) is 2.04. The minimum Gasteiger partial charge on any atom is -0.504 e. The number of phenols is 1. The van der Waals surface area contributed by atoms with Gasteiger partial charge in [-0.1, -0.05) is 0 Å². The molecular formula is C8H9O3P. The van der Waals surface area contributed by atoms with Gasteiger partial charge in [0.1, 0.15) is 0 Å². The monoisotopic (exact) mass is 184 g/mol. The quantitative estimate of drug-likeness (QED) is 0.562. The van der Waals surface area contributed by atoms with Crippen molar-refractivity contribution in [3.05, 3.63) is 23.8 Å². The molecule has 0 amide bonds. The Hall–Kier alpha value is -1.08. The van der Waals surface area contributed by atoms with Crippen molar-refractivity contribution >= 4 is 15.2 Å². The van der Waals surface area contributed by atoms with Crippen LogP contribution in [-0.4, -0.2) is 10.9 Å². The molecule has 0 heterocycles. The van der Waals surface area contributed by atoms with Gasteiger partial charge in [0.25, 0.3) is 0 Å². The van der Waals surface area contributed by atoms with Gasteiger partial charge in [0.2, 0.25) is 0 Å². The van der Waals surface area contributed by atoms with E-state index in [1.807, 2.05) is 9.47 Å². The smallest absolute Gasteiger partial charge is 0.164 e. The number of rotatable bonds is 2. The third-order valence-corrected chi connectivity index (χ3v) is 1.75. The van der Waals surface area contributed by atoms with Crippen LogP contribution < -0.4 is 4.52 Å².